The van der Waals surface area contributed by atoms with Gasteiger partial charge in [-0.25, -0.2) is 17.8 Å². The molecule has 3 atom stereocenters. The monoisotopic (exact) mass is 514 g/mol. The first kappa shape index (κ1) is 25.0. The number of aryl methyl sites for hydroxylation is 1. The quantitative estimate of drug-likeness (QED) is 0.523. The first-order chi connectivity index (χ1) is 14.8. The Morgan fingerprint density at radius 1 is 1.25 bits per heavy atom. The Labute approximate surface area is 193 Å². The Balaban J connectivity index is 1.82. The fourth-order valence-corrected chi connectivity index (χ4v) is 6.11. The van der Waals surface area contributed by atoms with Crippen molar-refractivity contribution in [3.05, 3.63) is 34.0 Å². The van der Waals surface area contributed by atoms with Crippen LogP contribution in [-0.2, 0) is 10.0 Å². The van der Waals surface area contributed by atoms with Crippen LogP contribution in [0, 0.1) is 18.7 Å². The number of alkyl halides is 3. The lowest BCUT2D eigenvalue weighted by Gasteiger charge is -2.41. The molecular weight excluding hydrogens is 492 g/mol. The van der Waals surface area contributed by atoms with Gasteiger partial charge in [-0.05, 0) is 52.4 Å². The van der Waals surface area contributed by atoms with Gasteiger partial charge in [-0.2, -0.15) is 13.2 Å². The molecule has 0 bridgehead atoms. The number of aromatic nitrogens is 1. The Morgan fingerprint density at radius 3 is 2.50 bits per heavy atom. The van der Waals surface area contributed by atoms with Gasteiger partial charge in [0.25, 0.3) is 10.0 Å². The number of thiazole rings is 1. The van der Waals surface area contributed by atoms with Crippen molar-refractivity contribution in [2.24, 2.45) is 5.92 Å². The van der Waals surface area contributed by atoms with Gasteiger partial charge in [-0.3, -0.25) is 4.72 Å². The van der Waals surface area contributed by atoms with Crippen LogP contribution in [0.15, 0.2) is 22.4 Å². The molecule has 1 heterocycles. The number of anilines is 2. The lowest BCUT2D eigenvalue weighted by molar-refractivity contribution is -0.186. The average Bonchev–Trinajstić information content (AvgIpc) is 3.07. The van der Waals surface area contributed by atoms with Crippen LogP contribution in [0.1, 0.15) is 25.0 Å². The molecule has 3 rings (SSSR count). The molecule has 0 aliphatic heterocycles. The van der Waals surface area contributed by atoms with Gasteiger partial charge in [-0.1, -0.05) is 11.6 Å². The molecule has 1 saturated carbocycles. The Kier molecular flexibility index (Phi) is 7.28. The summed E-state index contributed by atoms with van der Waals surface area (Å²) in [6.07, 6.45) is -4.23. The molecule has 178 valence electrons. The van der Waals surface area contributed by atoms with Crippen LogP contribution in [0.2, 0.25) is 5.02 Å². The molecule has 32 heavy (non-hydrogen) atoms. The fourth-order valence-electron chi connectivity index (χ4n) is 3.80. The van der Waals surface area contributed by atoms with E-state index in [0.29, 0.717) is 5.69 Å². The third-order valence-electron chi connectivity index (χ3n) is 5.44. The van der Waals surface area contributed by atoms with Crippen molar-refractivity contribution in [2.75, 3.05) is 24.1 Å². The largest absolute Gasteiger partial charge is 0.391 e. The normalized spacial score (nSPS) is 22.2. The van der Waals surface area contributed by atoms with E-state index in [1.165, 1.54) is 0 Å². The summed E-state index contributed by atoms with van der Waals surface area (Å²) in [5.74, 6) is -2.45. The van der Waals surface area contributed by atoms with Gasteiger partial charge >= 0.3 is 6.18 Å². The molecule has 1 fully saturated rings. The molecular formula is C19H23ClF4N4O2S2. The van der Waals surface area contributed by atoms with E-state index in [0.717, 1.165) is 23.5 Å². The van der Waals surface area contributed by atoms with Crippen LogP contribution in [0.4, 0.5) is 28.4 Å². The van der Waals surface area contributed by atoms with Gasteiger partial charge in [0.2, 0.25) is 0 Å². The van der Waals surface area contributed by atoms with Crippen LogP contribution in [-0.4, -0.2) is 50.7 Å². The number of sulfonamides is 1. The second-order valence-corrected chi connectivity index (χ2v) is 10.9. The van der Waals surface area contributed by atoms with Gasteiger partial charge < -0.3 is 10.2 Å². The third-order valence-corrected chi connectivity index (χ3v) is 8.11. The van der Waals surface area contributed by atoms with Gasteiger partial charge in [0.1, 0.15) is 10.7 Å². The van der Waals surface area contributed by atoms with Crippen molar-refractivity contribution in [3.63, 3.8) is 0 Å². The maximum Gasteiger partial charge on any atom is 0.391 e. The van der Waals surface area contributed by atoms with Crippen molar-refractivity contribution < 1.29 is 26.0 Å². The molecule has 2 N–H and O–H groups in total. The van der Waals surface area contributed by atoms with Crippen LogP contribution < -0.4 is 10.0 Å². The molecule has 13 heteroatoms. The second-order valence-electron chi connectivity index (χ2n) is 8.00. The zero-order chi connectivity index (χ0) is 23.8. The summed E-state index contributed by atoms with van der Waals surface area (Å²) >= 11 is 7.29. The summed E-state index contributed by atoms with van der Waals surface area (Å²) in [6, 6.07) is 1.05. The highest BCUT2D eigenvalue weighted by Crippen LogP contribution is 2.40. The molecule has 1 aliphatic rings. The minimum absolute atomic E-state index is 0.0578. The Morgan fingerprint density at radius 2 is 1.94 bits per heavy atom. The number of likely N-dealkylation sites (N-methyl/N-ethyl adjacent to an activating group) is 1. The predicted octanol–water partition coefficient (Wildman–Crippen LogP) is 5.12. The lowest BCUT2D eigenvalue weighted by Crippen LogP contribution is -2.49. The molecule has 0 spiro atoms. The molecule has 1 aliphatic carbocycles. The highest BCUT2D eigenvalue weighted by molar-refractivity contribution is 7.93. The van der Waals surface area contributed by atoms with Crippen LogP contribution >= 0.6 is 22.9 Å². The van der Waals surface area contributed by atoms with Crippen molar-refractivity contribution in [1.82, 2.24) is 9.88 Å². The number of rotatable bonds is 6. The Hall–Kier alpha value is -1.63. The van der Waals surface area contributed by atoms with E-state index in [4.69, 9.17) is 11.6 Å². The van der Waals surface area contributed by atoms with Gasteiger partial charge in [0, 0.05) is 17.5 Å². The number of halogens is 5. The van der Waals surface area contributed by atoms with E-state index in [1.807, 2.05) is 0 Å². The molecule has 1 aromatic heterocycles. The topological polar surface area (TPSA) is 74.3 Å². The highest BCUT2D eigenvalue weighted by Gasteiger charge is 2.45. The molecule has 0 unspecified atom stereocenters. The summed E-state index contributed by atoms with van der Waals surface area (Å²) in [5.41, 5.74) is 0.733. The predicted molar refractivity (Wildman–Crippen MR) is 117 cm³/mol. The minimum atomic E-state index is -4.28. The number of hydrogen-bond acceptors (Lipinski definition) is 6. The molecule has 1 aromatic carbocycles. The van der Waals surface area contributed by atoms with E-state index in [-0.39, 0.29) is 35.1 Å². The van der Waals surface area contributed by atoms with Crippen molar-refractivity contribution in [1.29, 1.82) is 0 Å². The van der Waals surface area contributed by atoms with E-state index < -0.39 is 44.9 Å². The van der Waals surface area contributed by atoms with Gasteiger partial charge in [-0.15, -0.1) is 11.3 Å². The van der Waals surface area contributed by atoms with E-state index in [9.17, 15) is 26.0 Å². The zero-order valence-corrected chi connectivity index (χ0v) is 19.9. The van der Waals surface area contributed by atoms with Gasteiger partial charge in [0.05, 0.1) is 22.3 Å². The molecule has 0 radical (unpaired) electrons. The SMILES string of the molecule is Cc1csc(NS(=O)(=O)c2cc(Cl)c(N[C@H]3CC[C@H](C(F)(F)F)C[C@@H]3N(C)C)cc2F)n1. The van der Waals surface area contributed by atoms with E-state index >= 15 is 0 Å². The standard InChI is InChI=1S/C19H23ClF4N4O2S2/c1-10-9-31-18(25-10)27-32(29,30)17-7-12(20)15(8-13(17)21)26-14-5-4-11(19(22,23)24)6-16(14)28(2)3/h7-9,11,14,16,26H,4-6H2,1-3H3,(H,25,27)/t11-,14-,16-/m0/s1. The third kappa shape index (κ3) is 5.64. The molecule has 2 aromatic rings. The van der Waals surface area contributed by atoms with E-state index in [2.05, 4.69) is 15.0 Å². The summed E-state index contributed by atoms with van der Waals surface area (Å²) in [4.78, 5) is 5.04. The maximum absolute atomic E-state index is 14.8. The van der Waals surface area contributed by atoms with Crippen molar-refractivity contribution in [3.8, 4) is 0 Å². The van der Waals surface area contributed by atoms with Gasteiger partial charge in [0.15, 0.2) is 5.13 Å². The Bertz CT molecular complexity index is 1080. The second kappa shape index (κ2) is 9.32. The smallest absolute Gasteiger partial charge is 0.379 e. The molecule has 0 amide bonds. The van der Waals surface area contributed by atoms with Crippen LogP contribution in [0.5, 0.6) is 0 Å². The number of hydrogen-bond donors (Lipinski definition) is 2. The lowest BCUT2D eigenvalue weighted by atomic mass is 9.81. The van der Waals surface area contributed by atoms with Crippen molar-refractivity contribution in [2.45, 2.75) is 49.3 Å². The first-order valence-corrected chi connectivity index (χ1v) is 12.5. The van der Waals surface area contributed by atoms with Crippen molar-refractivity contribution >= 4 is 43.8 Å². The summed E-state index contributed by atoms with van der Waals surface area (Å²) < 4.78 is 81.7. The average molecular weight is 515 g/mol. The summed E-state index contributed by atoms with van der Waals surface area (Å²) in [7, 11) is -0.908. The summed E-state index contributed by atoms with van der Waals surface area (Å²) in [6.45, 7) is 1.69. The van der Waals surface area contributed by atoms with Crippen LogP contribution in [0.3, 0.4) is 0 Å². The van der Waals surface area contributed by atoms with Crippen LogP contribution in [0.25, 0.3) is 0 Å². The first-order valence-electron chi connectivity index (χ1n) is 9.71. The van der Waals surface area contributed by atoms with E-state index in [1.54, 1.807) is 31.3 Å². The molecule has 6 nitrogen and oxygen atoms in total. The zero-order valence-electron chi connectivity index (χ0n) is 17.5. The number of benzene rings is 1. The number of nitrogens with one attached hydrogen (secondary N) is 2. The molecule has 0 saturated heterocycles. The summed E-state index contributed by atoms with van der Waals surface area (Å²) in [5, 5.41) is 4.70. The number of nitrogens with zero attached hydrogens (tertiary/aromatic N) is 2. The highest BCUT2D eigenvalue weighted by atomic mass is 35.5. The fraction of sp³-hybridized carbons (Fsp3) is 0.526. The minimum Gasteiger partial charge on any atom is -0.379 e. The maximum atomic E-state index is 14.8.